The fraction of sp³-hybridized carbons (Fsp3) is 0.333. The van der Waals surface area contributed by atoms with Crippen LogP contribution in [0.1, 0.15) is 12.8 Å². The van der Waals surface area contributed by atoms with Crippen LogP contribution in [0.3, 0.4) is 0 Å². The van der Waals surface area contributed by atoms with Crippen LogP contribution in [0.4, 0.5) is 0 Å². The summed E-state index contributed by atoms with van der Waals surface area (Å²) in [5.74, 6) is 0.255. The summed E-state index contributed by atoms with van der Waals surface area (Å²) in [6.07, 6.45) is 1.38. The summed E-state index contributed by atoms with van der Waals surface area (Å²) in [5, 5.41) is 11.4. The van der Waals surface area contributed by atoms with E-state index in [-0.39, 0.29) is 17.4 Å². The topological polar surface area (TPSA) is 66.4 Å². The van der Waals surface area contributed by atoms with E-state index in [0.29, 0.717) is 5.39 Å². The van der Waals surface area contributed by atoms with Gasteiger partial charge in [0.05, 0.1) is 11.0 Å². The first-order valence-corrected chi connectivity index (χ1v) is 8.22. The van der Waals surface area contributed by atoms with Crippen LogP contribution in [0.25, 0.3) is 10.8 Å². The Kier molecular flexibility index (Phi) is 3.50. The second-order valence-corrected chi connectivity index (χ2v) is 6.97. The molecule has 1 fully saturated rings. The molecule has 20 heavy (non-hydrogen) atoms. The van der Waals surface area contributed by atoms with Gasteiger partial charge in [-0.1, -0.05) is 36.4 Å². The summed E-state index contributed by atoms with van der Waals surface area (Å²) in [6.45, 7) is 0.0796. The molecule has 0 saturated heterocycles. The van der Waals surface area contributed by atoms with Crippen molar-refractivity contribution in [3.63, 3.8) is 0 Å². The Morgan fingerprint density at radius 1 is 1.15 bits per heavy atom. The van der Waals surface area contributed by atoms with Gasteiger partial charge >= 0.3 is 0 Å². The Labute approximate surface area is 118 Å². The molecule has 0 spiro atoms. The zero-order valence-corrected chi connectivity index (χ0v) is 11.8. The first-order chi connectivity index (χ1) is 9.58. The summed E-state index contributed by atoms with van der Waals surface area (Å²) < 4.78 is 27.3. The molecule has 0 bridgehead atoms. The highest BCUT2D eigenvalue weighted by atomic mass is 32.2. The van der Waals surface area contributed by atoms with E-state index in [1.807, 2.05) is 24.3 Å². The Morgan fingerprint density at radius 3 is 2.60 bits per heavy atom. The summed E-state index contributed by atoms with van der Waals surface area (Å²) in [5.41, 5.74) is 0. The van der Waals surface area contributed by atoms with E-state index in [1.54, 1.807) is 18.2 Å². The molecule has 1 aliphatic carbocycles. The molecule has 0 unspecified atom stereocenters. The molecule has 3 rings (SSSR count). The van der Waals surface area contributed by atoms with E-state index in [9.17, 15) is 13.5 Å². The molecular weight excluding hydrogens is 274 g/mol. The third-order valence-electron chi connectivity index (χ3n) is 3.69. The van der Waals surface area contributed by atoms with E-state index in [4.69, 9.17) is 0 Å². The third-order valence-corrected chi connectivity index (χ3v) is 5.17. The second-order valence-electron chi connectivity index (χ2n) is 5.23. The van der Waals surface area contributed by atoms with Gasteiger partial charge in [-0.15, -0.1) is 0 Å². The lowest BCUT2D eigenvalue weighted by Crippen LogP contribution is -2.33. The van der Waals surface area contributed by atoms with Crippen molar-refractivity contribution < 1.29 is 13.5 Å². The van der Waals surface area contributed by atoms with Gasteiger partial charge in [-0.3, -0.25) is 0 Å². The van der Waals surface area contributed by atoms with Crippen LogP contribution in [-0.2, 0) is 10.0 Å². The number of nitrogens with one attached hydrogen (secondary N) is 1. The minimum absolute atomic E-state index is 0.0796. The highest BCUT2D eigenvalue weighted by Gasteiger charge is 2.30. The second kappa shape index (κ2) is 5.16. The lowest BCUT2D eigenvalue weighted by molar-refractivity contribution is 0.155. The fourth-order valence-corrected chi connectivity index (χ4v) is 3.63. The van der Waals surface area contributed by atoms with Gasteiger partial charge in [0.1, 0.15) is 0 Å². The van der Waals surface area contributed by atoms with Crippen molar-refractivity contribution in [1.82, 2.24) is 4.72 Å². The molecule has 1 aliphatic rings. The standard InChI is InChI=1S/C15H17NO3S/c17-14(12-8-9-12)10-16-20(18,19)15-7-3-5-11-4-1-2-6-13(11)15/h1-7,12,14,16-17H,8-10H2/t14-/m0/s1. The quantitative estimate of drug-likeness (QED) is 0.884. The maximum atomic E-state index is 12.4. The Bertz CT molecular complexity index is 717. The summed E-state index contributed by atoms with van der Waals surface area (Å²) >= 11 is 0. The van der Waals surface area contributed by atoms with Gasteiger partial charge in [-0.25, -0.2) is 13.1 Å². The van der Waals surface area contributed by atoms with Crippen molar-refractivity contribution in [3.05, 3.63) is 42.5 Å². The van der Waals surface area contributed by atoms with E-state index in [1.165, 1.54) is 0 Å². The molecule has 0 amide bonds. The van der Waals surface area contributed by atoms with Crippen LogP contribution in [-0.4, -0.2) is 26.2 Å². The van der Waals surface area contributed by atoms with Gasteiger partial charge in [0, 0.05) is 11.9 Å². The smallest absolute Gasteiger partial charge is 0.241 e. The van der Waals surface area contributed by atoms with Gasteiger partial charge in [0.25, 0.3) is 0 Å². The Morgan fingerprint density at radius 2 is 1.85 bits per heavy atom. The Balaban J connectivity index is 1.88. The number of fused-ring (bicyclic) bond motifs is 1. The Hall–Kier alpha value is -1.43. The maximum Gasteiger partial charge on any atom is 0.241 e. The molecule has 4 nitrogen and oxygen atoms in total. The monoisotopic (exact) mass is 291 g/mol. The number of hydrogen-bond donors (Lipinski definition) is 2. The predicted molar refractivity (Wildman–Crippen MR) is 77.9 cm³/mol. The maximum absolute atomic E-state index is 12.4. The molecule has 5 heteroatoms. The molecular formula is C15H17NO3S. The average Bonchev–Trinajstić information content (AvgIpc) is 3.29. The first-order valence-electron chi connectivity index (χ1n) is 6.73. The molecule has 1 saturated carbocycles. The zero-order chi connectivity index (χ0) is 14.2. The number of aliphatic hydroxyl groups excluding tert-OH is 1. The average molecular weight is 291 g/mol. The third kappa shape index (κ3) is 2.70. The summed E-state index contributed by atoms with van der Waals surface area (Å²) in [6, 6.07) is 12.6. The highest BCUT2D eigenvalue weighted by molar-refractivity contribution is 7.89. The fourth-order valence-electron chi connectivity index (χ4n) is 2.35. The van der Waals surface area contributed by atoms with Crippen LogP contribution in [0, 0.1) is 5.92 Å². The largest absolute Gasteiger partial charge is 0.391 e. The van der Waals surface area contributed by atoms with Crippen LogP contribution in [0.2, 0.25) is 0 Å². The molecule has 0 heterocycles. The van der Waals surface area contributed by atoms with E-state index in [2.05, 4.69) is 4.72 Å². The van der Waals surface area contributed by atoms with Crippen molar-refractivity contribution >= 4 is 20.8 Å². The van der Waals surface area contributed by atoms with Crippen LogP contribution < -0.4 is 4.72 Å². The number of hydrogen-bond acceptors (Lipinski definition) is 3. The van der Waals surface area contributed by atoms with Crippen LogP contribution >= 0.6 is 0 Å². The van der Waals surface area contributed by atoms with Crippen molar-refractivity contribution in [2.75, 3.05) is 6.54 Å². The van der Waals surface area contributed by atoms with E-state index in [0.717, 1.165) is 18.2 Å². The molecule has 0 radical (unpaired) electrons. The van der Waals surface area contributed by atoms with Gasteiger partial charge in [0.2, 0.25) is 10.0 Å². The number of aliphatic hydroxyl groups is 1. The minimum Gasteiger partial charge on any atom is -0.391 e. The molecule has 2 N–H and O–H groups in total. The number of sulfonamides is 1. The molecule has 106 valence electrons. The molecule has 2 aromatic carbocycles. The summed E-state index contributed by atoms with van der Waals surface area (Å²) in [7, 11) is -3.60. The predicted octanol–water partition coefficient (Wildman–Crippen LogP) is 1.89. The molecule has 0 aliphatic heterocycles. The molecule has 2 aromatic rings. The number of rotatable bonds is 5. The van der Waals surface area contributed by atoms with E-state index >= 15 is 0 Å². The number of benzene rings is 2. The van der Waals surface area contributed by atoms with Gasteiger partial charge in [-0.2, -0.15) is 0 Å². The van der Waals surface area contributed by atoms with Crippen molar-refractivity contribution in [2.45, 2.75) is 23.8 Å². The van der Waals surface area contributed by atoms with Crippen LogP contribution in [0.5, 0.6) is 0 Å². The van der Waals surface area contributed by atoms with Crippen molar-refractivity contribution in [2.24, 2.45) is 5.92 Å². The summed E-state index contributed by atoms with van der Waals surface area (Å²) in [4.78, 5) is 0.263. The molecule has 0 aromatic heterocycles. The van der Waals surface area contributed by atoms with Gasteiger partial charge < -0.3 is 5.11 Å². The lowest BCUT2D eigenvalue weighted by atomic mass is 10.1. The normalized spacial score (nSPS) is 17.2. The first kappa shape index (κ1) is 13.5. The van der Waals surface area contributed by atoms with Gasteiger partial charge in [-0.05, 0) is 30.2 Å². The van der Waals surface area contributed by atoms with Crippen molar-refractivity contribution in [1.29, 1.82) is 0 Å². The lowest BCUT2D eigenvalue weighted by Gasteiger charge is -2.12. The minimum atomic E-state index is -3.60. The van der Waals surface area contributed by atoms with E-state index < -0.39 is 16.1 Å². The zero-order valence-electron chi connectivity index (χ0n) is 11.0. The highest BCUT2D eigenvalue weighted by Crippen LogP contribution is 2.32. The SMILES string of the molecule is O=S(=O)(NC[C@H](O)C1CC1)c1cccc2ccccc12. The van der Waals surface area contributed by atoms with Gasteiger partial charge in [0.15, 0.2) is 0 Å². The van der Waals surface area contributed by atoms with Crippen LogP contribution in [0.15, 0.2) is 47.4 Å². The van der Waals surface area contributed by atoms with Crippen molar-refractivity contribution in [3.8, 4) is 0 Å². The molecule has 1 atom stereocenters.